The summed E-state index contributed by atoms with van der Waals surface area (Å²) >= 11 is 15.5. The van der Waals surface area contributed by atoms with Gasteiger partial charge >= 0.3 is 5.97 Å². The van der Waals surface area contributed by atoms with E-state index < -0.39 is 22.8 Å². The fourth-order valence-electron chi connectivity index (χ4n) is 5.09. The predicted molar refractivity (Wildman–Crippen MR) is 151 cm³/mol. The Morgan fingerprint density at radius 3 is 2.23 bits per heavy atom. The highest BCUT2D eigenvalue weighted by atomic mass is 79.9. The molecule has 206 valence electrons. The number of nitrogens with zero attached hydrogens (tertiary/aromatic N) is 2. The number of carboxylic acid groups (broad SMARTS) is 1. The lowest BCUT2D eigenvalue weighted by atomic mass is 9.64. The average Bonchev–Trinajstić information content (AvgIpc) is 2.91. The van der Waals surface area contributed by atoms with Gasteiger partial charge in [-0.2, -0.15) is 0 Å². The number of rotatable bonds is 8. The van der Waals surface area contributed by atoms with E-state index in [1.807, 2.05) is 0 Å². The van der Waals surface area contributed by atoms with Gasteiger partial charge in [-0.25, -0.2) is 4.79 Å². The Balaban J connectivity index is 1.52. The summed E-state index contributed by atoms with van der Waals surface area (Å²) in [5.41, 5.74) is -0.339. The van der Waals surface area contributed by atoms with Crippen LogP contribution < -0.4 is 10.6 Å². The van der Waals surface area contributed by atoms with Crippen LogP contribution in [0, 0.1) is 5.41 Å². The van der Waals surface area contributed by atoms with E-state index >= 15 is 0 Å². The molecule has 0 bridgehead atoms. The second-order valence-corrected chi connectivity index (χ2v) is 11.4. The van der Waals surface area contributed by atoms with E-state index in [0.29, 0.717) is 47.4 Å². The first-order chi connectivity index (χ1) is 18.4. The number of likely N-dealkylation sites (tertiary alicyclic amines) is 1. The summed E-state index contributed by atoms with van der Waals surface area (Å²) < 4.78 is 0.351. The molecule has 0 unspecified atom stereocenters. The third-order valence-electron chi connectivity index (χ3n) is 7.57. The molecule has 1 atom stereocenters. The van der Waals surface area contributed by atoms with Gasteiger partial charge < -0.3 is 20.6 Å². The Labute approximate surface area is 244 Å². The Morgan fingerprint density at radius 1 is 1.13 bits per heavy atom. The van der Waals surface area contributed by atoms with Crippen molar-refractivity contribution in [2.45, 2.75) is 45.1 Å². The third-order valence-corrected chi connectivity index (χ3v) is 8.90. The van der Waals surface area contributed by atoms with Crippen LogP contribution in [0.1, 0.15) is 49.0 Å². The Bertz CT molecular complexity index is 1350. The first-order valence-corrected chi connectivity index (χ1v) is 13.9. The summed E-state index contributed by atoms with van der Waals surface area (Å²) in [6.07, 6.45) is 3.89. The number of amides is 2. The van der Waals surface area contributed by atoms with Gasteiger partial charge in [-0.05, 0) is 52.9 Å². The van der Waals surface area contributed by atoms with Crippen molar-refractivity contribution in [3.63, 3.8) is 0 Å². The second kappa shape index (κ2) is 11.3. The highest BCUT2D eigenvalue weighted by molar-refractivity contribution is 9.12. The maximum Gasteiger partial charge on any atom is 0.329 e. The number of hydrogen-bond acceptors (Lipinski definition) is 6. The van der Waals surface area contributed by atoms with Crippen molar-refractivity contribution in [2.75, 3.05) is 18.4 Å². The van der Waals surface area contributed by atoms with Crippen molar-refractivity contribution >= 4 is 68.4 Å². The SMILES string of the molecule is CC[C@@](Cc1ccc(NC(=O)c2c(Cl)cncc2Cl)cc1)(NC1=C(Br)C(=O)C12CCN(C(C)=O)CC2)C(=O)O. The maximum absolute atomic E-state index is 12.9. The van der Waals surface area contributed by atoms with Gasteiger partial charge in [0, 0.05) is 50.2 Å². The lowest BCUT2D eigenvalue weighted by Crippen LogP contribution is -2.61. The van der Waals surface area contributed by atoms with Crippen LogP contribution in [0.2, 0.25) is 10.0 Å². The number of carbonyl (C=O) groups is 4. The molecule has 2 amide bonds. The number of pyridine rings is 1. The van der Waals surface area contributed by atoms with Crippen LogP contribution in [-0.2, 0) is 20.8 Å². The summed E-state index contributed by atoms with van der Waals surface area (Å²) in [5, 5.41) is 16.5. The largest absolute Gasteiger partial charge is 0.479 e. The molecule has 12 heteroatoms. The van der Waals surface area contributed by atoms with Gasteiger partial charge in [-0.1, -0.05) is 42.3 Å². The molecule has 1 aromatic heterocycles. The highest BCUT2D eigenvalue weighted by Crippen LogP contribution is 2.52. The van der Waals surface area contributed by atoms with E-state index in [2.05, 4.69) is 31.5 Å². The Kier molecular flexibility index (Phi) is 8.39. The number of allylic oxidation sites excluding steroid dienone is 2. The van der Waals surface area contributed by atoms with E-state index in [1.54, 1.807) is 36.1 Å². The van der Waals surface area contributed by atoms with Crippen LogP contribution in [0.25, 0.3) is 0 Å². The molecule has 9 nitrogen and oxygen atoms in total. The first-order valence-electron chi connectivity index (χ1n) is 12.4. The molecular formula is C27H27BrCl2N4O5. The van der Waals surface area contributed by atoms with Crippen molar-refractivity contribution in [3.8, 4) is 0 Å². The van der Waals surface area contributed by atoms with Crippen LogP contribution >= 0.6 is 39.1 Å². The lowest BCUT2D eigenvalue weighted by Gasteiger charge is -2.50. The number of carbonyl (C=O) groups excluding carboxylic acids is 3. The molecule has 4 rings (SSSR count). The molecule has 39 heavy (non-hydrogen) atoms. The van der Waals surface area contributed by atoms with E-state index in [1.165, 1.54) is 19.3 Å². The molecule has 0 radical (unpaired) electrons. The fraction of sp³-hybridized carbons (Fsp3) is 0.370. The van der Waals surface area contributed by atoms with Gasteiger partial charge in [-0.15, -0.1) is 0 Å². The normalized spacial score (nSPS) is 17.9. The number of anilines is 1. The molecule has 3 N–H and O–H groups in total. The highest BCUT2D eigenvalue weighted by Gasteiger charge is 2.56. The van der Waals surface area contributed by atoms with Crippen molar-refractivity contribution in [1.29, 1.82) is 0 Å². The number of aliphatic carboxylic acids is 1. The number of benzene rings is 1. The number of aromatic nitrogens is 1. The van der Waals surface area contributed by atoms with Crippen LogP contribution in [0.15, 0.2) is 46.8 Å². The molecular weight excluding hydrogens is 611 g/mol. The smallest absolute Gasteiger partial charge is 0.329 e. The topological polar surface area (TPSA) is 129 Å². The number of Topliss-reactive ketones (excluding diaryl/α,β-unsaturated/α-hetero) is 1. The zero-order valence-corrected chi connectivity index (χ0v) is 24.4. The zero-order valence-electron chi connectivity index (χ0n) is 21.3. The van der Waals surface area contributed by atoms with Crippen LogP contribution in [-0.4, -0.2) is 57.2 Å². The minimum atomic E-state index is -1.39. The summed E-state index contributed by atoms with van der Waals surface area (Å²) in [5.74, 6) is -1.66. The maximum atomic E-state index is 12.9. The Morgan fingerprint density at radius 2 is 1.72 bits per heavy atom. The van der Waals surface area contributed by atoms with Gasteiger partial charge in [0.05, 0.1) is 25.5 Å². The van der Waals surface area contributed by atoms with Gasteiger partial charge in [0.15, 0.2) is 5.78 Å². The second-order valence-electron chi connectivity index (χ2n) is 9.78. The number of carboxylic acids is 1. The van der Waals surface area contributed by atoms with E-state index in [-0.39, 0.29) is 40.1 Å². The number of piperidine rings is 1. The van der Waals surface area contributed by atoms with Crippen molar-refractivity contribution in [3.05, 3.63) is 68.0 Å². The zero-order chi connectivity index (χ0) is 28.5. The third kappa shape index (κ3) is 5.42. The molecule has 1 saturated heterocycles. The monoisotopic (exact) mass is 636 g/mol. The summed E-state index contributed by atoms with van der Waals surface area (Å²) in [4.78, 5) is 55.6. The molecule has 1 fully saturated rings. The van der Waals surface area contributed by atoms with E-state index in [0.717, 1.165) is 0 Å². The Hall–Kier alpha value is -2.95. The van der Waals surface area contributed by atoms with E-state index in [9.17, 15) is 24.3 Å². The average molecular weight is 638 g/mol. The van der Waals surface area contributed by atoms with Gasteiger partial charge in [0.1, 0.15) is 5.54 Å². The molecule has 2 heterocycles. The number of ketones is 1. The van der Waals surface area contributed by atoms with Crippen LogP contribution in [0.3, 0.4) is 0 Å². The first kappa shape index (κ1) is 29.0. The number of halogens is 3. The summed E-state index contributed by atoms with van der Waals surface area (Å²) in [6, 6.07) is 6.80. The minimum absolute atomic E-state index is 0.0470. The predicted octanol–water partition coefficient (Wildman–Crippen LogP) is 4.82. The molecule has 0 saturated carbocycles. The molecule has 1 aliphatic carbocycles. The summed E-state index contributed by atoms with van der Waals surface area (Å²) in [6.45, 7) is 4.14. The van der Waals surface area contributed by atoms with Crippen LogP contribution in [0.4, 0.5) is 5.69 Å². The molecule has 1 spiro atoms. The lowest BCUT2D eigenvalue weighted by molar-refractivity contribution is -0.145. The van der Waals surface area contributed by atoms with Crippen LogP contribution in [0.5, 0.6) is 0 Å². The quantitative estimate of drug-likeness (QED) is 0.378. The van der Waals surface area contributed by atoms with Crippen molar-refractivity contribution in [1.82, 2.24) is 15.2 Å². The van der Waals surface area contributed by atoms with Gasteiger partial charge in [-0.3, -0.25) is 19.4 Å². The minimum Gasteiger partial charge on any atom is -0.479 e. The molecule has 1 aliphatic heterocycles. The molecule has 2 aliphatic rings. The standard InChI is InChI=1S/C27H27BrCl2N4O5/c1-3-27(25(38)39,33-22-21(28)23(36)26(22)8-10-34(11-9-26)15(2)35)12-16-4-6-17(7-5-16)32-24(37)20-18(29)13-31-14-19(20)30/h4-7,13-14,33H,3,8-12H2,1-2H3,(H,32,37)(H,38,39)/t27-/m0/s1. The number of nitrogens with one attached hydrogen (secondary N) is 2. The van der Waals surface area contributed by atoms with Crippen molar-refractivity contribution < 1.29 is 24.3 Å². The fourth-order valence-corrected chi connectivity index (χ4v) is 6.49. The van der Waals surface area contributed by atoms with Gasteiger partial charge in [0.25, 0.3) is 5.91 Å². The van der Waals surface area contributed by atoms with Gasteiger partial charge in [0.2, 0.25) is 5.91 Å². The van der Waals surface area contributed by atoms with E-state index in [4.69, 9.17) is 23.2 Å². The van der Waals surface area contributed by atoms with Crippen molar-refractivity contribution in [2.24, 2.45) is 5.41 Å². The number of hydrogen-bond donors (Lipinski definition) is 3. The molecule has 2 aromatic rings. The molecule has 1 aromatic carbocycles. The summed E-state index contributed by atoms with van der Waals surface area (Å²) in [7, 11) is 0.